The first-order valence-electron chi connectivity index (χ1n) is 9.97. The average Bonchev–Trinajstić information content (AvgIpc) is 3.28. The zero-order valence-corrected chi connectivity index (χ0v) is 18.7. The molecular formula is C21H24Br2N2O3. The normalized spacial score (nSPS) is 33.4. The van der Waals surface area contributed by atoms with E-state index in [-0.39, 0.29) is 51.0 Å². The number of amides is 3. The van der Waals surface area contributed by atoms with Crippen LogP contribution in [0.5, 0.6) is 0 Å². The molecule has 1 aliphatic heterocycles. The summed E-state index contributed by atoms with van der Waals surface area (Å²) in [5.74, 6) is 0.309. The van der Waals surface area contributed by atoms with Crippen molar-refractivity contribution in [3.8, 4) is 0 Å². The van der Waals surface area contributed by atoms with Gasteiger partial charge in [-0.3, -0.25) is 19.3 Å². The van der Waals surface area contributed by atoms with Gasteiger partial charge in [0.25, 0.3) is 0 Å². The van der Waals surface area contributed by atoms with Crippen molar-refractivity contribution in [3.05, 3.63) is 30.3 Å². The van der Waals surface area contributed by atoms with Crippen molar-refractivity contribution in [3.63, 3.8) is 0 Å². The Morgan fingerprint density at radius 3 is 2.18 bits per heavy atom. The molecule has 1 saturated heterocycles. The van der Waals surface area contributed by atoms with E-state index in [1.54, 1.807) is 0 Å². The lowest BCUT2D eigenvalue weighted by atomic mass is 9.81. The third kappa shape index (κ3) is 3.56. The lowest BCUT2D eigenvalue weighted by molar-refractivity contribution is -0.140. The maximum Gasteiger partial charge on any atom is 0.233 e. The SMILES string of the molecule is O=C(CCCCCN1C(=O)[C@@H]2[C@H]3C[C@H]([C@H](Br)[C@@H]3Br)[C@@H]2C1=O)Nc1ccccc1. The second kappa shape index (κ2) is 8.27. The van der Waals surface area contributed by atoms with Crippen LogP contribution in [0, 0.1) is 23.7 Å². The van der Waals surface area contributed by atoms with Gasteiger partial charge in [0.05, 0.1) is 11.8 Å². The first-order chi connectivity index (χ1) is 13.5. The van der Waals surface area contributed by atoms with Crippen LogP contribution in [-0.4, -0.2) is 38.8 Å². The highest BCUT2D eigenvalue weighted by atomic mass is 79.9. The molecule has 28 heavy (non-hydrogen) atoms. The van der Waals surface area contributed by atoms with Gasteiger partial charge < -0.3 is 5.32 Å². The van der Waals surface area contributed by atoms with Gasteiger partial charge in [-0.25, -0.2) is 0 Å². The number of imide groups is 1. The van der Waals surface area contributed by atoms with E-state index in [2.05, 4.69) is 37.2 Å². The average molecular weight is 512 g/mol. The summed E-state index contributed by atoms with van der Waals surface area (Å²) >= 11 is 7.42. The topological polar surface area (TPSA) is 66.5 Å². The highest BCUT2D eigenvalue weighted by Gasteiger charge is 2.66. The van der Waals surface area contributed by atoms with Gasteiger partial charge in [-0.15, -0.1) is 0 Å². The minimum atomic E-state index is -0.132. The van der Waals surface area contributed by atoms with Crippen LogP contribution in [0.4, 0.5) is 5.69 Å². The number of hydrogen-bond acceptors (Lipinski definition) is 3. The number of unbranched alkanes of at least 4 members (excludes halogenated alkanes) is 2. The van der Waals surface area contributed by atoms with Gasteiger partial charge in [0.1, 0.15) is 0 Å². The van der Waals surface area contributed by atoms with Crippen molar-refractivity contribution in [2.45, 2.75) is 41.8 Å². The number of halogens is 2. The van der Waals surface area contributed by atoms with E-state index in [1.807, 2.05) is 30.3 Å². The third-order valence-corrected chi connectivity index (χ3v) is 9.63. The number of nitrogens with zero attached hydrogens (tertiary/aromatic N) is 1. The van der Waals surface area contributed by atoms with Gasteiger partial charge in [0.2, 0.25) is 17.7 Å². The molecule has 1 heterocycles. The molecule has 0 radical (unpaired) electrons. The van der Waals surface area contributed by atoms with E-state index >= 15 is 0 Å². The minimum Gasteiger partial charge on any atom is -0.326 e. The summed E-state index contributed by atoms with van der Waals surface area (Å²) in [6.45, 7) is 0.477. The van der Waals surface area contributed by atoms with E-state index in [1.165, 1.54) is 4.90 Å². The summed E-state index contributed by atoms with van der Waals surface area (Å²) in [5, 5.41) is 2.87. The molecule has 0 spiro atoms. The predicted octanol–water partition coefficient (Wildman–Crippen LogP) is 3.96. The number of hydrogen-bond donors (Lipinski definition) is 1. The van der Waals surface area contributed by atoms with E-state index in [4.69, 9.17) is 0 Å². The number of benzene rings is 1. The van der Waals surface area contributed by atoms with Crippen molar-refractivity contribution in [2.24, 2.45) is 23.7 Å². The number of nitrogens with one attached hydrogen (secondary N) is 1. The Bertz CT molecular complexity index is 740. The molecule has 7 heteroatoms. The fourth-order valence-electron chi connectivity index (χ4n) is 5.11. The third-order valence-electron chi connectivity index (χ3n) is 6.42. The number of anilines is 1. The predicted molar refractivity (Wildman–Crippen MR) is 114 cm³/mol. The number of carbonyl (C=O) groups excluding carboxylic acids is 3. The van der Waals surface area contributed by atoms with Crippen molar-refractivity contribution >= 4 is 55.3 Å². The molecule has 2 bridgehead atoms. The molecular weight excluding hydrogens is 488 g/mol. The summed E-state index contributed by atoms with van der Waals surface area (Å²) < 4.78 is 0. The maximum atomic E-state index is 12.8. The molecule has 3 fully saturated rings. The maximum absolute atomic E-state index is 12.8. The van der Waals surface area contributed by atoms with Gasteiger partial charge in [0, 0.05) is 28.3 Å². The van der Waals surface area contributed by atoms with Crippen LogP contribution in [-0.2, 0) is 14.4 Å². The standard InChI is InChI=1S/C21H24Br2N2O3/c22-18-13-11-14(19(18)23)17-16(13)20(27)25(21(17)28)10-6-2-5-9-15(26)24-12-7-3-1-4-8-12/h1,3-4,7-8,13-14,16-19H,2,5-6,9-11H2,(H,24,26)/t13-,14+,16-,17+,18-,19+. The quantitative estimate of drug-likeness (QED) is 0.342. The molecule has 0 unspecified atom stereocenters. The van der Waals surface area contributed by atoms with Crippen LogP contribution in [0.25, 0.3) is 0 Å². The van der Waals surface area contributed by atoms with Crippen LogP contribution in [0.2, 0.25) is 0 Å². The van der Waals surface area contributed by atoms with Gasteiger partial charge >= 0.3 is 0 Å². The molecule has 1 aromatic carbocycles. The summed E-state index contributed by atoms with van der Waals surface area (Å²) in [6, 6.07) is 9.41. The van der Waals surface area contributed by atoms with E-state index < -0.39 is 0 Å². The molecule has 150 valence electrons. The molecule has 3 aliphatic rings. The number of likely N-dealkylation sites (tertiary alicyclic amines) is 1. The lowest BCUT2D eigenvalue weighted by Gasteiger charge is -2.28. The Morgan fingerprint density at radius 2 is 1.57 bits per heavy atom. The van der Waals surface area contributed by atoms with Gasteiger partial charge in [0.15, 0.2) is 0 Å². The summed E-state index contributed by atoms with van der Waals surface area (Å²) in [7, 11) is 0. The van der Waals surface area contributed by atoms with E-state index in [0.29, 0.717) is 13.0 Å². The number of rotatable bonds is 7. The first-order valence-corrected chi connectivity index (χ1v) is 11.8. The number of carbonyl (C=O) groups is 3. The van der Waals surface area contributed by atoms with Crippen LogP contribution in [0.15, 0.2) is 30.3 Å². The molecule has 1 aromatic rings. The van der Waals surface area contributed by atoms with Gasteiger partial charge in [-0.1, -0.05) is 56.5 Å². The Kier molecular flexibility index (Phi) is 5.93. The first kappa shape index (κ1) is 20.1. The Balaban J connectivity index is 1.21. The fraction of sp³-hybridized carbons (Fsp3) is 0.571. The van der Waals surface area contributed by atoms with Gasteiger partial charge in [-0.05, 0) is 43.2 Å². The van der Waals surface area contributed by atoms with Crippen molar-refractivity contribution in [1.29, 1.82) is 0 Å². The molecule has 5 nitrogen and oxygen atoms in total. The second-order valence-electron chi connectivity index (χ2n) is 8.06. The highest BCUT2D eigenvalue weighted by Crippen LogP contribution is 2.60. The van der Waals surface area contributed by atoms with E-state index in [0.717, 1.165) is 31.4 Å². The lowest BCUT2D eigenvalue weighted by Crippen LogP contribution is -2.37. The summed E-state index contributed by atoms with van der Waals surface area (Å²) in [6.07, 6.45) is 3.73. The largest absolute Gasteiger partial charge is 0.326 e. The molecule has 3 amide bonds. The zero-order valence-electron chi connectivity index (χ0n) is 15.5. The molecule has 1 N–H and O–H groups in total. The highest BCUT2D eigenvalue weighted by molar-refractivity contribution is 9.12. The van der Waals surface area contributed by atoms with Gasteiger partial charge in [-0.2, -0.15) is 0 Å². The smallest absolute Gasteiger partial charge is 0.233 e. The second-order valence-corrected chi connectivity index (χ2v) is 10.2. The number of alkyl halides is 2. The summed E-state index contributed by atoms with van der Waals surface area (Å²) in [5.41, 5.74) is 0.803. The van der Waals surface area contributed by atoms with Crippen LogP contribution < -0.4 is 5.32 Å². The Morgan fingerprint density at radius 1 is 0.964 bits per heavy atom. The Labute approximate surface area is 181 Å². The van der Waals surface area contributed by atoms with E-state index in [9.17, 15) is 14.4 Å². The minimum absolute atomic E-state index is 0.00245. The van der Waals surface area contributed by atoms with Crippen molar-refractivity contribution in [1.82, 2.24) is 4.90 Å². The zero-order chi connectivity index (χ0) is 19.8. The molecule has 4 rings (SSSR count). The van der Waals surface area contributed by atoms with Crippen molar-refractivity contribution in [2.75, 3.05) is 11.9 Å². The molecule has 6 atom stereocenters. The van der Waals surface area contributed by atoms with Crippen LogP contribution >= 0.6 is 31.9 Å². The molecule has 0 aromatic heterocycles. The monoisotopic (exact) mass is 510 g/mol. The number of para-hydroxylation sites is 1. The van der Waals surface area contributed by atoms with Crippen LogP contribution in [0.1, 0.15) is 32.1 Å². The van der Waals surface area contributed by atoms with Crippen molar-refractivity contribution < 1.29 is 14.4 Å². The fourth-order valence-corrected chi connectivity index (χ4v) is 6.98. The molecule has 2 saturated carbocycles. The molecule has 2 aliphatic carbocycles. The Hall–Kier alpha value is -1.21. The summed E-state index contributed by atoms with van der Waals surface area (Å²) in [4.78, 5) is 39.7. The number of fused-ring (bicyclic) bond motifs is 5. The van der Waals surface area contributed by atoms with Crippen LogP contribution in [0.3, 0.4) is 0 Å².